The minimum atomic E-state index is -0.431. The minimum absolute atomic E-state index is 0.411. The first-order chi connectivity index (χ1) is 11.4. The molecule has 7 heteroatoms. The maximum atomic E-state index is 12.3. The number of carbonyl (C=O) groups excluding carboxylic acids is 2. The van der Waals surface area contributed by atoms with Gasteiger partial charge in [-0.05, 0) is 43.8 Å². The van der Waals surface area contributed by atoms with Gasteiger partial charge in [0, 0.05) is 12.2 Å². The third-order valence-corrected chi connectivity index (χ3v) is 4.32. The molecular formula is C17H20N2O4S. The van der Waals surface area contributed by atoms with Gasteiger partial charge in [-0.1, -0.05) is 12.1 Å². The zero-order valence-corrected chi connectivity index (χ0v) is 14.9. The molecule has 0 aliphatic carbocycles. The molecule has 1 atom stereocenters. The van der Waals surface area contributed by atoms with Crippen molar-refractivity contribution < 1.29 is 19.1 Å². The quantitative estimate of drug-likeness (QED) is 0.661. The number of nitrogens with zero attached hydrogens (tertiary/aromatic N) is 1. The van der Waals surface area contributed by atoms with Crippen LogP contribution >= 0.6 is 12.2 Å². The molecule has 0 radical (unpaired) electrons. The van der Waals surface area contributed by atoms with Gasteiger partial charge >= 0.3 is 11.9 Å². The summed E-state index contributed by atoms with van der Waals surface area (Å²) in [6.45, 7) is 4.45. The van der Waals surface area contributed by atoms with Gasteiger partial charge in [-0.2, -0.15) is 0 Å². The summed E-state index contributed by atoms with van der Waals surface area (Å²) in [5, 5.41) is 3.72. The summed E-state index contributed by atoms with van der Waals surface area (Å²) in [5.41, 5.74) is 2.50. The number of rotatable bonds is 4. The molecule has 1 heterocycles. The standard InChI is InChI=1S/C17H20N2O4S/c1-5-19-10(2)13(16(21)23-4)14(18-17(19)24)11-6-8-12(9-7-11)15(20)22-3/h6-9,14H,5H2,1-4H3,(H,18,24)/t14-/m1/s1. The lowest BCUT2D eigenvalue weighted by Crippen LogP contribution is -2.47. The van der Waals surface area contributed by atoms with Gasteiger partial charge in [-0.15, -0.1) is 0 Å². The van der Waals surface area contributed by atoms with E-state index in [0.717, 1.165) is 11.3 Å². The van der Waals surface area contributed by atoms with Crippen molar-refractivity contribution in [1.82, 2.24) is 10.2 Å². The molecule has 2 rings (SSSR count). The van der Waals surface area contributed by atoms with Gasteiger partial charge < -0.3 is 19.7 Å². The predicted molar refractivity (Wildman–Crippen MR) is 93.4 cm³/mol. The lowest BCUT2D eigenvalue weighted by molar-refractivity contribution is -0.136. The van der Waals surface area contributed by atoms with Crippen LogP contribution in [0.25, 0.3) is 0 Å². The maximum absolute atomic E-state index is 12.3. The summed E-state index contributed by atoms with van der Waals surface area (Å²) >= 11 is 5.40. The SMILES string of the molecule is CCN1C(=S)N[C@H](c2ccc(C(=O)OC)cc2)C(C(=O)OC)=C1C. The minimum Gasteiger partial charge on any atom is -0.466 e. The highest BCUT2D eigenvalue weighted by molar-refractivity contribution is 7.80. The van der Waals surface area contributed by atoms with Crippen LogP contribution in [0.15, 0.2) is 35.5 Å². The molecule has 1 aliphatic heterocycles. The van der Waals surface area contributed by atoms with Gasteiger partial charge in [-0.25, -0.2) is 9.59 Å². The molecule has 0 spiro atoms. The molecular weight excluding hydrogens is 328 g/mol. The molecule has 0 unspecified atom stereocenters. The van der Waals surface area contributed by atoms with Gasteiger partial charge in [0.1, 0.15) is 0 Å². The summed E-state index contributed by atoms with van der Waals surface area (Å²) in [7, 11) is 2.68. The van der Waals surface area contributed by atoms with Gasteiger partial charge in [0.15, 0.2) is 5.11 Å². The number of hydrogen-bond donors (Lipinski definition) is 1. The third kappa shape index (κ3) is 3.26. The van der Waals surface area contributed by atoms with Crippen molar-refractivity contribution in [2.75, 3.05) is 20.8 Å². The van der Waals surface area contributed by atoms with E-state index in [2.05, 4.69) is 5.32 Å². The Morgan fingerprint density at radius 2 is 1.75 bits per heavy atom. The Morgan fingerprint density at radius 3 is 2.25 bits per heavy atom. The largest absolute Gasteiger partial charge is 0.466 e. The molecule has 1 aromatic carbocycles. The van der Waals surface area contributed by atoms with E-state index in [1.54, 1.807) is 24.3 Å². The van der Waals surface area contributed by atoms with Crippen LogP contribution in [0, 0.1) is 0 Å². The molecule has 6 nitrogen and oxygen atoms in total. The fourth-order valence-corrected chi connectivity index (χ4v) is 3.10. The second-order valence-corrected chi connectivity index (χ2v) is 5.62. The zero-order chi connectivity index (χ0) is 17.9. The summed E-state index contributed by atoms with van der Waals surface area (Å²) in [5.74, 6) is -0.825. The van der Waals surface area contributed by atoms with Crippen molar-refractivity contribution in [3.63, 3.8) is 0 Å². The van der Waals surface area contributed by atoms with Crippen LogP contribution in [0.1, 0.15) is 35.8 Å². The second kappa shape index (κ2) is 7.44. The number of nitrogens with one attached hydrogen (secondary N) is 1. The predicted octanol–water partition coefficient (Wildman–Crippen LogP) is 2.17. The van der Waals surface area contributed by atoms with Crippen molar-refractivity contribution in [1.29, 1.82) is 0 Å². The van der Waals surface area contributed by atoms with Crippen LogP contribution in [0.3, 0.4) is 0 Å². The van der Waals surface area contributed by atoms with Crippen LogP contribution in [0.4, 0.5) is 0 Å². The van der Waals surface area contributed by atoms with Crippen molar-refractivity contribution in [2.45, 2.75) is 19.9 Å². The van der Waals surface area contributed by atoms with Crippen molar-refractivity contribution >= 4 is 29.3 Å². The number of ether oxygens (including phenoxy) is 2. The lowest BCUT2D eigenvalue weighted by atomic mass is 9.94. The number of carbonyl (C=O) groups is 2. The van der Waals surface area contributed by atoms with Gasteiger partial charge in [-0.3, -0.25) is 0 Å². The number of esters is 2. The number of methoxy groups -OCH3 is 2. The van der Waals surface area contributed by atoms with Crippen LogP contribution in [-0.4, -0.2) is 42.7 Å². The second-order valence-electron chi connectivity index (χ2n) is 5.23. The monoisotopic (exact) mass is 348 g/mol. The van der Waals surface area contributed by atoms with E-state index in [0.29, 0.717) is 22.8 Å². The highest BCUT2D eigenvalue weighted by Gasteiger charge is 2.33. The number of hydrogen-bond acceptors (Lipinski definition) is 5. The summed E-state index contributed by atoms with van der Waals surface area (Å²) in [4.78, 5) is 25.7. The Labute approximate surface area is 146 Å². The molecule has 0 saturated carbocycles. The lowest BCUT2D eigenvalue weighted by Gasteiger charge is -2.36. The Morgan fingerprint density at radius 1 is 1.17 bits per heavy atom. The fourth-order valence-electron chi connectivity index (χ4n) is 2.72. The molecule has 24 heavy (non-hydrogen) atoms. The summed E-state index contributed by atoms with van der Waals surface area (Å²) in [6.07, 6.45) is 0. The average molecular weight is 348 g/mol. The van der Waals surface area contributed by atoms with Gasteiger partial charge in [0.05, 0.1) is 31.4 Å². The first-order valence-electron chi connectivity index (χ1n) is 7.50. The molecule has 0 bridgehead atoms. The van der Waals surface area contributed by atoms with E-state index in [1.165, 1.54) is 14.2 Å². The topological polar surface area (TPSA) is 67.9 Å². The fraction of sp³-hybridized carbons (Fsp3) is 0.353. The van der Waals surface area contributed by atoms with Crippen LogP contribution in [0.5, 0.6) is 0 Å². The first kappa shape index (κ1) is 17.9. The third-order valence-electron chi connectivity index (χ3n) is 3.98. The van der Waals surface area contributed by atoms with E-state index >= 15 is 0 Å². The molecule has 128 valence electrons. The van der Waals surface area contributed by atoms with Gasteiger partial charge in [0.2, 0.25) is 0 Å². The van der Waals surface area contributed by atoms with E-state index in [-0.39, 0.29) is 0 Å². The molecule has 0 aromatic heterocycles. The maximum Gasteiger partial charge on any atom is 0.337 e. The van der Waals surface area contributed by atoms with E-state index in [1.807, 2.05) is 18.7 Å². The molecule has 1 aromatic rings. The zero-order valence-electron chi connectivity index (χ0n) is 14.1. The Kier molecular flexibility index (Phi) is 5.56. The molecule has 1 aliphatic rings. The molecule has 1 N–H and O–H groups in total. The van der Waals surface area contributed by atoms with Crippen molar-refractivity contribution in [3.05, 3.63) is 46.7 Å². The summed E-state index contributed by atoms with van der Waals surface area (Å²) in [6, 6.07) is 6.42. The Hall–Kier alpha value is -2.41. The van der Waals surface area contributed by atoms with Crippen molar-refractivity contribution in [3.8, 4) is 0 Å². The van der Waals surface area contributed by atoms with Crippen LogP contribution < -0.4 is 5.32 Å². The highest BCUT2D eigenvalue weighted by Crippen LogP contribution is 2.31. The van der Waals surface area contributed by atoms with Crippen LogP contribution in [0.2, 0.25) is 0 Å². The smallest absolute Gasteiger partial charge is 0.337 e. The molecule has 0 fully saturated rings. The summed E-state index contributed by atoms with van der Waals surface area (Å²) < 4.78 is 9.63. The normalized spacial score (nSPS) is 17.4. The van der Waals surface area contributed by atoms with Gasteiger partial charge in [0.25, 0.3) is 0 Å². The van der Waals surface area contributed by atoms with Crippen LogP contribution in [-0.2, 0) is 14.3 Å². The average Bonchev–Trinajstić information content (AvgIpc) is 2.60. The number of benzene rings is 1. The Balaban J connectivity index is 2.47. The Bertz CT molecular complexity index is 697. The van der Waals surface area contributed by atoms with Crippen molar-refractivity contribution in [2.24, 2.45) is 0 Å². The number of allylic oxidation sites excluding steroid dienone is 1. The van der Waals surface area contributed by atoms with E-state index in [9.17, 15) is 9.59 Å². The van der Waals surface area contributed by atoms with E-state index < -0.39 is 18.0 Å². The highest BCUT2D eigenvalue weighted by atomic mass is 32.1. The first-order valence-corrected chi connectivity index (χ1v) is 7.90. The van der Waals surface area contributed by atoms with E-state index in [4.69, 9.17) is 21.7 Å². The molecule has 0 saturated heterocycles. The number of thiocarbonyl (C=S) groups is 1. The molecule has 0 amide bonds.